The van der Waals surface area contributed by atoms with Crippen LogP contribution in [0.3, 0.4) is 0 Å². The van der Waals surface area contributed by atoms with Crippen LogP contribution in [0.4, 0.5) is 4.79 Å². The average Bonchev–Trinajstić information content (AvgIpc) is 2.93. The second-order valence-corrected chi connectivity index (χ2v) is 9.73. The molecule has 1 aliphatic carbocycles. The van der Waals surface area contributed by atoms with E-state index in [0.717, 1.165) is 43.2 Å². The predicted octanol–water partition coefficient (Wildman–Crippen LogP) is 6.51. The molecule has 1 fully saturated rings. The molecule has 188 valence electrons. The van der Waals surface area contributed by atoms with Gasteiger partial charge in [-0.15, -0.1) is 0 Å². The number of nitrogens with one attached hydrogen (secondary N) is 1. The summed E-state index contributed by atoms with van der Waals surface area (Å²) in [5.74, 6) is 0.749. The molecular formula is C31H36N2O3. The first-order chi connectivity index (χ1) is 17.5. The SMILES string of the molecule is C[C@H](NC(=O)C1CCCCC1c1ccc(OC(=O)N(C)CCc2ccccc2)cc1)c1ccccc1. The van der Waals surface area contributed by atoms with Crippen LogP contribution in [-0.4, -0.2) is 30.5 Å². The zero-order chi connectivity index (χ0) is 25.3. The number of nitrogens with zero attached hydrogens (tertiary/aromatic N) is 1. The molecule has 0 spiro atoms. The number of hydrogen-bond acceptors (Lipinski definition) is 3. The molecule has 0 heterocycles. The summed E-state index contributed by atoms with van der Waals surface area (Å²) >= 11 is 0. The fraction of sp³-hybridized carbons (Fsp3) is 0.355. The van der Waals surface area contributed by atoms with Crippen molar-refractivity contribution in [3.8, 4) is 5.75 Å². The summed E-state index contributed by atoms with van der Waals surface area (Å²) in [6.07, 6.45) is 4.47. The van der Waals surface area contributed by atoms with Gasteiger partial charge in [0.05, 0.1) is 6.04 Å². The highest BCUT2D eigenvalue weighted by Gasteiger charge is 2.32. The quantitative estimate of drug-likeness (QED) is 0.396. The van der Waals surface area contributed by atoms with Crippen LogP contribution in [0.2, 0.25) is 0 Å². The Balaban J connectivity index is 1.34. The number of carbonyl (C=O) groups excluding carboxylic acids is 2. The van der Waals surface area contributed by atoms with Crippen LogP contribution in [0, 0.1) is 5.92 Å². The maximum atomic E-state index is 13.2. The van der Waals surface area contributed by atoms with Crippen molar-refractivity contribution >= 4 is 12.0 Å². The van der Waals surface area contributed by atoms with Crippen molar-refractivity contribution in [2.75, 3.05) is 13.6 Å². The molecule has 2 unspecified atom stereocenters. The molecule has 3 atom stereocenters. The van der Waals surface area contributed by atoms with Gasteiger partial charge in [-0.3, -0.25) is 4.79 Å². The Kier molecular flexibility index (Phi) is 8.77. The van der Waals surface area contributed by atoms with Crippen LogP contribution in [0.1, 0.15) is 61.3 Å². The third-order valence-electron chi connectivity index (χ3n) is 7.16. The lowest BCUT2D eigenvalue weighted by atomic mass is 9.75. The fourth-order valence-corrected chi connectivity index (χ4v) is 4.98. The van der Waals surface area contributed by atoms with E-state index < -0.39 is 0 Å². The minimum Gasteiger partial charge on any atom is -0.410 e. The molecular weight excluding hydrogens is 448 g/mol. The van der Waals surface area contributed by atoms with Gasteiger partial charge in [-0.2, -0.15) is 0 Å². The highest BCUT2D eigenvalue weighted by atomic mass is 16.6. The number of hydrogen-bond donors (Lipinski definition) is 1. The first kappa shape index (κ1) is 25.5. The van der Waals surface area contributed by atoms with Gasteiger partial charge < -0.3 is 15.0 Å². The van der Waals surface area contributed by atoms with Gasteiger partial charge in [-0.25, -0.2) is 4.79 Å². The van der Waals surface area contributed by atoms with Crippen molar-refractivity contribution in [3.05, 3.63) is 102 Å². The summed E-state index contributed by atoms with van der Waals surface area (Å²) in [5, 5.41) is 3.23. The molecule has 0 bridgehead atoms. The number of ether oxygens (including phenoxy) is 1. The first-order valence-electron chi connectivity index (χ1n) is 12.9. The molecule has 2 amide bonds. The van der Waals surface area contributed by atoms with Gasteiger partial charge in [-0.05, 0) is 60.9 Å². The van der Waals surface area contributed by atoms with Crippen LogP contribution < -0.4 is 10.1 Å². The molecule has 0 radical (unpaired) electrons. The van der Waals surface area contributed by atoms with Crippen molar-refractivity contribution in [3.63, 3.8) is 0 Å². The molecule has 0 aromatic heterocycles. The number of amides is 2. The van der Waals surface area contributed by atoms with E-state index in [9.17, 15) is 9.59 Å². The maximum absolute atomic E-state index is 13.2. The highest BCUT2D eigenvalue weighted by Crippen LogP contribution is 2.38. The van der Waals surface area contributed by atoms with Gasteiger partial charge in [0, 0.05) is 19.5 Å². The van der Waals surface area contributed by atoms with E-state index in [0.29, 0.717) is 12.3 Å². The molecule has 1 N–H and O–H groups in total. The predicted molar refractivity (Wildman–Crippen MR) is 143 cm³/mol. The fourth-order valence-electron chi connectivity index (χ4n) is 4.98. The Bertz CT molecular complexity index is 1120. The molecule has 5 heteroatoms. The second-order valence-electron chi connectivity index (χ2n) is 9.73. The Morgan fingerprint density at radius 2 is 1.56 bits per heavy atom. The Hall–Kier alpha value is -3.60. The summed E-state index contributed by atoms with van der Waals surface area (Å²) in [7, 11) is 1.75. The standard InChI is InChI=1S/C31H36N2O3/c1-23(25-13-7-4-8-14-25)32-30(34)29-16-10-9-15-28(29)26-17-19-27(20-18-26)36-31(35)33(2)22-21-24-11-5-3-6-12-24/h3-8,11-14,17-20,23,28-29H,9-10,15-16,21-22H2,1-2H3,(H,32,34)/t23-,28?,29?/m0/s1. The average molecular weight is 485 g/mol. The minimum atomic E-state index is -0.372. The Morgan fingerprint density at radius 3 is 2.25 bits per heavy atom. The van der Waals surface area contributed by atoms with E-state index in [1.165, 1.54) is 5.56 Å². The van der Waals surface area contributed by atoms with Crippen LogP contribution in [-0.2, 0) is 11.2 Å². The number of benzene rings is 3. The molecule has 0 saturated heterocycles. The molecule has 1 saturated carbocycles. The molecule has 36 heavy (non-hydrogen) atoms. The van der Waals surface area contributed by atoms with Crippen molar-refractivity contribution in [2.24, 2.45) is 5.92 Å². The summed E-state index contributed by atoms with van der Waals surface area (Å²) in [5.41, 5.74) is 3.42. The van der Waals surface area contributed by atoms with Crippen molar-refractivity contribution in [1.29, 1.82) is 0 Å². The minimum absolute atomic E-state index is 0.0260. The lowest BCUT2D eigenvalue weighted by molar-refractivity contribution is -0.127. The molecule has 0 aliphatic heterocycles. The van der Waals surface area contributed by atoms with Gasteiger partial charge in [0.1, 0.15) is 5.75 Å². The monoisotopic (exact) mass is 484 g/mol. The highest BCUT2D eigenvalue weighted by molar-refractivity contribution is 5.80. The lowest BCUT2D eigenvalue weighted by Crippen LogP contribution is -2.37. The summed E-state index contributed by atoms with van der Waals surface area (Å²) in [4.78, 5) is 27.4. The van der Waals surface area contributed by atoms with E-state index in [1.807, 2.05) is 79.7 Å². The second kappa shape index (κ2) is 12.4. The molecule has 3 aromatic rings. The Labute approximate surface area is 214 Å². The van der Waals surface area contributed by atoms with E-state index in [4.69, 9.17) is 4.74 Å². The zero-order valence-corrected chi connectivity index (χ0v) is 21.2. The topological polar surface area (TPSA) is 58.6 Å². The number of likely N-dealkylation sites (N-methyl/N-ethyl adjacent to an activating group) is 1. The normalized spacial score (nSPS) is 18.2. The summed E-state index contributed by atoms with van der Waals surface area (Å²) in [6, 6.07) is 27.8. The third-order valence-corrected chi connectivity index (χ3v) is 7.16. The largest absolute Gasteiger partial charge is 0.414 e. The van der Waals surface area contributed by atoms with Gasteiger partial charge in [0.15, 0.2) is 0 Å². The van der Waals surface area contributed by atoms with Crippen LogP contribution in [0.25, 0.3) is 0 Å². The van der Waals surface area contributed by atoms with Crippen LogP contribution in [0.5, 0.6) is 5.75 Å². The van der Waals surface area contributed by atoms with E-state index in [2.05, 4.69) is 17.4 Å². The lowest BCUT2D eigenvalue weighted by Gasteiger charge is -2.32. The van der Waals surface area contributed by atoms with E-state index >= 15 is 0 Å². The van der Waals surface area contributed by atoms with E-state index in [1.54, 1.807) is 11.9 Å². The van der Waals surface area contributed by atoms with Gasteiger partial charge in [0.25, 0.3) is 0 Å². The van der Waals surface area contributed by atoms with Crippen molar-refractivity contribution in [1.82, 2.24) is 10.2 Å². The Morgan fingerprint density at radius 1 is 0.917 bits per heavy atom. The number of rotatable bonds is 8. The number of carbonyl (C=O) groups is 2. The molecule has 3 aromatic carbocycles. The van der Waals surface area contributed by atoms with Crippen LogP contribution >= 0.6 is 0 Å². The van der Waals surface area contributed by atoms with Gasteiger partial charge in [0.2, 0.25) is 5.91 Å². The van der Waals surface area contributed by atoms with Crippen molar-refractivity contribution < 1.29 is 14.3 Å². The van der Waals surface area contributed by atoms with Crippen molar-refractivity contribution in [2.45, 2.75) is 51.0 Å². The molecule has 4 rings (SSSR count). The first-order valence-corrected chi connectivity index (χ1v) is 12.9. The third kappa shape index (κ3) is 6.75. The van der Waals surface area contributed by atoms with E-state index in [-0.39, 0.29) is 29.9 Å². The molecule has 1 aliphatic rings. The smallest absolute Gasteiger partial charge is 0.410 e. The summed E-state index contributed by atoms with van der Waals surface area (Å²) in [6.45, 7) is 2.62. The zero-order valence-electron chi connectivity index (χ0n) is 21.2. The van der Waals surface area contributed by atoms with Gasteiger partial charge in [-0.1, -0.05) is 85.6 Å². The molecule has 5 nitrogen and oxygen atoms in total. The maximum Gasteiger partial charge on any atom is 0.414 e. The summed E-state index contributed by atoms with van der Waals surface area (Å²) < 4.78 is 5.59. The van der Waals surface area contributed by atoms with Gasteiger partial charge >= 0.3 is 6.09 Å². The van der Waals surface area contributed by atoms with Crippen LogP contribution in [0.15, 0.2) is 84.9 Å².